The number of benzene rings is 1. The largest absolute Gasteiger partial charge is 0.396 e. The van der Waals surface area contributed by atoms with Gasteiger partial charge in [0.2, 0.25) is 0 Å². The van der Waals surface area contributed by atoms with Crippen LogP contribution in [0.1, 0.15) is 43.7 Å². The molecule has 1 aromatic rings. The van der Waals surface area contributed by atoms with Crippen LogP contribution in [0.2, 0.25) is 0 Å². The van der Waals surface area contributed by atoms with Crippen LogP contribution >= 0.6 is 22.6 Å². The van der Waals surface area contributed by atoms with Gasteiger partial charge in [-0.05, 0) is 31.7 Å². The smallest absolute Gasteiger partial charge is 0.0471 e. The van der Waals surface area contributed by atoms with E-state index in [4.69, 9.17) is 5.11 Å². The van der Waals surface area contributed by atoms with E-state index in [0.29, 0.717) is 6.61 Å². The van der Waals surface area contributed by atoms with E-state index in [9.17, 15) is 0 Å². The Morgan fingerprint density at radius 2 is 2.06 bits per heavy atom. The maximum atomic E-state index is 9.00. The summed E-state index contributed by atoms with van der Waals surface area (Å²) in [5.74, 6) is 0. The van der Waals surface area contributed by atoms with Crippen molar-refractivity contribution in [3.05, 3.63) is 35.4 Å². The average molecular weight is 332 g/mol. The Labute approximate surface area is 112 Å². The first-order valence-corrected chi connectivity index (χ1v) is 7.07. The summed E-state index contributed by atoms with van der Waals surface area (Å²) in [6.07, 6.45) is 4.30. The molecule has 0 spiro atoms. The summed E-state index contributed by atoms with van der Waals surface area (Å²) in [6.45, 7) is 4.65. The molecule has 1 rings (SSSR count). The lowest BCUT2D eigenvalue weighted by Gasteiger charge is -2.28. The Morgan fingerprint density at radius 3 is 2.62 bits per heavy atom. The molecule has 0 fully saturated rings. The number of aliphatic hydroxyl groups excluding tert-OH is 1. The molecule has 0 heterocycles. The van der Waals surface area contributed by atoms with E-state index in [1.807, 2.05) is 0 Å². The highest BCUT2D eigenvalue weighted by Gasteiger charge is 2.27. The Balaban J connectivity index is 2.91. The number of aryl methyl sites for hydroxylation is 1. The van der Waals surface area contributed by atoms with Gasteiger partial charge in [0.05, 0.1) is 0 Å². The molecular weight excluding hydrogens is 311 g/mol. The van der Waals surface area contributed by atoms with Crippen LogP contribution in [0.3, 0.4) is 0 Å². The molecule has 1 aromatic carbocycles. The van der Waals surface area contributed by atoms with Crippen LogP contribution in [0, 0.1) is 6.92 Å². The lowest BCUT2D eigenvalue weighted by Crippen LogP contribution is -2.18. The Bertz CT molecular complexity index is 324. The molecule has 1 N–H and O–H groups in total. The second-order valence-corrected chi connectivity index (χ2v) is 6.48. The number of alkyl halides is 1. The van der Waals surface area contributed by atoms with E-state index < -0.39 is 0 Å². The van der Waals surface area contributed by atoms with Crippen LogP contribution in [-0.2, 0) is 3.42 Å². The molecule has 2 heteroatoms. The van der Waals surface area contributed by atoms with E-state index in [2.05, 4.69) is 60.7 Å². The highest BCUT2D eigenvalue weighted by Crippen LogP contribution is 2.41. The first kappa shape index (κ1) is 14.0. The van der Waals surface area contributed by atoms with Crippen LogP contribution in [0.4, 0.5) is 0 Å². The fourth-order valence-electron chi connectivity index (χ4n) is 2.09. The molecular formula is C14H21IO. The Morgan fingerprint density at radius 1 is 1.31 bits per heavy atom. The predicted octanol–water partition coefficient (Wildman–Crippen LogP) is 4.20. The summed E-state index contributed by atoms with van der Waals surface area (Å²) < 4.78 is 0.196. The van der Waals surface area contributed by atoms with Crippen molar-refractivity contribution < 1.29 is 5.11 Å². The number of hydrogen-bond donors (Lipinski definition) is 1. The van der Waals surface area contributed by atoms with Gasteiger partial charge in [-0.2, -0.15) is 0 Å². The van der Waals surface area contributed by atoms with Crippen molar-refractivity contribution in [1.29, 1.82) is 0 Å². The normalized spacial score (nSPS) is 14.8. The quantitative estimate of drug-likeness (QED) is 0.611. The summed E-state index contributed by atoms with van der Waals surface area (Å²) in [6, 6.07) is 8.76. The molecule has 0 aromatic heterocycles. The zero-order valence-corrected chi connectivity index (χ0v) is 12.3. The zero-order valence-electron chi connectivity index (χ0n) is 10.2. The second-order valence-electron chi connectivity index (χ2n) is 4.41. The van der Waals surface area contributed by atoms with Crippen LogP contribution in [0.15, 0.2) is 24.3 Å². The van der Waals surface area contributed by atoms with Gasteiger partial charge in [-0.3, -0.25) is 0 Å². The standard InChI is InChI=1S/C14H21IO/c1-3-8-14(15,9-5-10-16)13-7-4-6-12(2)11-13/h4,6-7,11,16H,3,5,8-10H2,1-2H3. The molecule has 0 aliphatic heterocycles. The van der Waals surface area contributed by atoms with Gasteiger partial charge < -0.3 is 5.11 Å². The number of hydrogen-bond acceptors (Lipinski definition) is 1. The van der Waals surface area contributed by atoms with Crippen molar-refractivity contribution in [1.82, 2.24) is 0 Å². The molecule has 1 unspecified atom stereocenters. The first-order chi connectivity index (χ1) is 7.62. The Kier molecular flexibility index (Phi) is 5.76. The summed E-state index contributed by atoms with van der Waals surface area (Å²) in [5.41, 5.74) is 2.72. The van der Waals surface area contributed by atoms with Crippen molar-refractivity contribution in [2.24, 2.45) is 0 Å². The van der Waals surface area contributed by atoms with Gasteiger partial charge in [-0.1, -0.05) is 65.8 Å². The second kappa shape index (κ2) is 6.60. The van der Waals surface area contributed by atoms with Crippen molar-refractivity contribution in [3.63, 3.8) is 0 Å². The number of rotatable bonds is 6. The topological polar surface area (TPSA) is 20.2 Å². The predicted molar refractivity (Wildman–Crippen MR) is 78.1 cm³/mol. The van der Waals surface area contributed by atoms with E-state index >= 15 is 0 Å². The zero-order chi connectivity index (χ0) is 12.0. The third kappa shape index (κ3) is 3.74. The monoisotopic (exact) mass is 332 g/mol. The number of aliphatic hydroxyl groups is 1. The maximum absolute atomic E-state index is 9.00. The van der Waals surface area contributed by atoms with E-state index in [1.54, 1.807) is 0 Å². The molecule has 1 atom stereocenters. The minimum atomic E-state index is 0.196. The SMILES string of the molecule is CCCC(I)(CCCO)c1cccc(C)c1. The van der Waals surface area contributed by atoms with Gasteiger partial charge in [0.15, 0.2) is 0 Å². The summed E-state index contributed by atoms with van der Waals surface area (Å²) in [5, 5.41) is 9.00. The number of halogens is 1. The van der Waals surface area contributed by atoms with Gasteiger partial charge in [0.25, 0.3) is 0 Å². The Hall–Kier alpha value is -0.0900. The van der Waals surface area contributed by atoms with Gasteiger partial charge in [0, 0.05) is 10.0 Å². The fourth-order valence-corrected chi connectivity index (χ4v) is 3.35. The molecule has 0 aliphatic rings. The maximum Gasteiger partial charge on any atom is 0.0471 e. The summed E-state index contributed by atoms with van der Waals surface area (Å²) in [7, 11) is 0. The van der Waals surface area contributed by atoms with Crippen molar-refractivity contribution in [3.8, 4) is 0 Å². The molecule has 0 aliphatic carbocycles. The molecule has 16 heavy (non-hydrogen) atoms. The lowest BCUT2D eigenvalue weighted by molar-refractivity contribution is 0.276. The van der Waals surface area contributed by atoms with Gasteiger partial charge in [-0.15, -0.1) is 0 Å². The summed E-state index contributed by atoms with van der Waals surface area (Å²) in [4.78, 5) is 0. The van der Waals surface area contributed by atoms with E-state index in [1.165, 1.54) is 24.0 Å². The third-order valence-electron chi connectivity index (χ3n) is 2.91. The first-order valence-electron chi connectivity index (χ1n) is 5.99. The average Bonchev–Trinajstić information content (AvgIpc) is 2.27. The van der Waals surface area contributed by atoms with Crippen LogP contribution in [-0.4, -0.2) is 11.7 Å². The molecule has 0 saturated heterocycles. The summed E-state index contributed by atoms with van der Waals surface area (Å²) >= 11 is 2.57. The van der Waals surface area contributed by atoms with Crippen LogP contribution in [0.25, 0.3) is 0 Å². The highest BCUT2D eigenvalue weighted by molar-refractivity contribution is 14.1. The van der Waals surface area contributed by atoms with Crippen molar-refractivity contribution in [2.75, 3.05) is 6.61 Å². The van der Waals surface area contributed by atoms with Crippen LogP contribution < -0.4 is 0 Å². The minimum Gasteiger partial charge on any atom is -0.396 e. The van der Waals surface area contributed by atoms with Gasteiger partial charge >= 0.3 is 0 Å². The fraction of sp³-hybridized carbons (Fsp3) is 0.571. The minimum absolute atomic E-state index is 0.196. The van der Waals surface area contributed by atoms with Gasteiger partial charge in [0.1, 0.15) is 0 Å². The van der Waals surface area contributed by atoms with Gasteiger partial charge in [-0.25, -0.2) is 0 Å². The molecule has 0 bridgehead atoms. The molecule has 0 saturated carbocycles. The third-order valence-corrected chi connectivity index (χ3v) is 4.61. The van der Waals surface area contributed by atoms with Crippen LogP contribution in [0.5, 0.6) is 0 Å². The van der Waals surface area contributed by atoms with E-state index in [0.717, 1.165) is 12.8 Å². The molecule has 0 amide bonds. The molecule has 0 radical (unpaired) electrons. The van der Waals surface area contributed by atoms with Crippen molar-refractivity contribution in [2.45, 2.75) is 43.0 Å². The highest BCUT2D eigenvalue weighted by atomic mass is 127. The van der Waals surface area contributed by atoms with Crippen molar-refractivity contribution >= 4 is 22.6 Å². The molecule has 1 nitrogen and oxygen atoms in total. The molecule has 90 valence electrons. The van der Waals surface area contributed by atoms with E-state index in [-0.39, 0.29) is 3.42 Å². The lowest BCUT2D eigenvalue weighted by atomic mass is 9.89.